The maximum Gasteiger partial charge on any atom is 0 e. The molecule has 0 heterocycles. The van der Waals surface area contributed by atoms with Gasteiger partial charge >= 0.3 is 0 Å². The average Bonchev–Trinajstić information content (AvgIpc) is 2.40. The molecule has 2 rings (SSSR count). The molecular weight excluding hydrogens is 240 g/mol. The fourth-order valence-electron chi connectivity index (χ4n) is 2.81. The van der Waals surface area contributed by atoms with E-state index in [-0.39, 0.29) is 1.43 Å². The summed E-state index contributed by atoms with van der Waals surface area (Å²) >= 11 is 0. The summed E-state index contributed by atoms with van der Waals surface area (Å²) in [5.41, 5.74) is 6.40. The largest absolute Gasteiger partial charge is 0.0848 e. The van der Waals surface area contributed by atoms with E-state index in [9.17, 15) is 0 Å². The standard InChI is InChI=1S/C10H18.C10H16.H2/c2*1-8(2)10-6-4-9(3)5-7-10;/h6,8-9H,4-5,7H2,1-3H3;4H,5-7H2,1-3H3;1H. The predicted molar refractivity (Wildman–Crippen MR) is 94.0 cm³/mol. The summed E-state index contributed by atoms with van der Waals surface area (Å²) < 4.78 is 0. The van der Waals surface area contributed by atoms with Crippen molar-refractivity contribution in [3.05, 3.63) is 34.4 Å². The van der Waals surface area contributed by atoms with Crippen molar-refractivity contribution >= 4 is 0 Å². The lowest BCUT2D eigenvalue weighted by Gasteiger charge is -2.20. The molecule has 2 aliphatic carbocycles. The van der Waals surface area contributed by atoms with E-state index in [0.29, 0.717) is 0 Å². The van der Waals surface area contributed by atoms with Crippen LogP contribution in [0.25, 0.3) is 0 Å². The van der Waals surface area contributed by atoms with E-state index in [2.05, 4.69) is 53.7 Å². The molecule has 0 aromatic heterocycles. The third-order valence-electron chi connectivity index (χ3n) is 4.67. The molecule has 1 atom stereocenters. The Morgan fingerprint density at radius 1 is 1.15 bits per heavy atom. The monoisotopic (exact) mass is 276 g/mol. The highest BCUT2D eigenvalue weighted by Crippen LogP contribution is 2.27. The second kappa shape index (κ2) is 8.49. The van der Waals surface area contributed by atoms with E-state index in [0.717, 1.165) is 11.8 Å². The number of rotatable bonds is 1. The van der Waals surface area contributed by atoms with Crippen molar-refractivity contribution < 1.29 is 1.43 Å². The molecule has 0 spiro atoms. The summed E-state index contributed by atoms with van der Waals surface area (Å²) in [4.78, 5) is 0. The highest BCUT2D eigenvalue weighted by atomic mass is 14.2. The van der Waals surface area contributed by atoms with Gasteiger partial charge in [0.15, 0.2) is 0 Å². The topological polar surface area (TPSA) is 0 Å². The third-order valence-corrected chi connectivity index (χ3v) is 4.67. The van der Waals surface area contributed by atoms with Gasteiger partial charge in [-0.25, -0.2) is 0 Å². The van der Waals surface area contributed by atoms with Crippen LogP contribution in [-0.4, -0.2) is 0 Å². The van der Waals surface area contributed by atoms with Crippen LogP contribution in [0.5, 0.6) is 0 Å². The normalized spacial score (nSPS) is 22.8. The van der Waals surface area contributed by atoms with Crippen LogP contribution in [0.4, 0.5) is 0 Å². The summed E-state index contributed by atoms with van der Waals surface area (Å²) in [6, 6.07) is 0. The van der Waals surface area contributed by atoms with Gasteiger partial charge in [0.05, 0.1) is 0 Å². The minimum atomic E-state index is 0. The van der Waals surface area contributed by atoms with Gasteiger partial charge < -0.3 is 0 Å². The summed E-state index contributed by atoms with van der Waals surface area (Å²) in [7, 11) is 0. The first-order chi connectivity index (χ1) is 9.40. The van der Waals surface area contributed by atoms with Crippen LogP contribution >= 0.6 is 0 Å². The number of allylic oxidation sites excluding steroid dienone is 6. The maximum atomic E-state index is 2.44. The Labute approximate surface area is 128 Å². The van der Waals surface area contributed by atoms with Crippen LogP contribution < -0.4 is 0 Å². The molecule has 0 bridgehead atoms. The van der Waals surface area contributed by atoms with Gasteiger partial charge in [0.2, 0.25) is 0 Å². The van der Waals surface area contributed by atoms with Crippen LogP contribution in [0, 0.1) is 11.8 Å². The quantitative estimate of drug-likeness (QED) is 0.448. The Morgan fingerprint density at radius 2 is 1.85 bits per heavy atom. The molecule has 0 aliphatic heterocycles. The van der Waals surface area contributed by atoms with Crippen molar-refractivity contribution in [3.63, 3.8) is 0 Å². The molecule has 0 saturated carbocycles. The lowest BCUT2D eigenvalue weighted by molar-refractivity contribution is 0.490. The van der Waals surface area contributed by atoms with Crippen LogP contribution in [0.2, 0.25) is 0 Å². The molecule has 116 valence electrons. The van der Waals surface area contributed by atoms with Gasteiger partial charge in [-0.05, 0) is 71.1 Å². The maximum absolute atomic E-state index is 2.44. The summed E-state index contributed by atoms with van der Waals surface area (Å²) in [5, 5.41) is 0. The highest BCUT2D eigenvalue weighted by Gasteiger charge is 2.11. The molecule has 1 unspecified atom stereocenters. The minimum Gasteiger partial charge on any atom is -0.0848 e. The SMILES string of the molecule is CC1=CCC(=C(C)C)CC1.CC1CC=C(C(C)C)CC1.[HH]. The molecule has 0 nitrogen and oxygen atoms in total. The second-order valence-electron chi connectivity index (χ2n) is 7.17. The average molecular weight is 277 g/mol. The molecule has 0 aromatic carbocycles. The van der Waals surface area contributed by atoms with Crippen LogP contribution in [0.1, 0.15) is 81.5 Å². The molecule has 2 aliphatic rings. The van der Waals surface area contributed by atoms with Crippen molar-refractivity contribution in [3.8, 4) is 0 Å². The molecular formula is C20H36. The Hall–Kier alpha value is -0.780. The fraction of sp³-hybridized carbons (Fsp3) is 0.700. The van der Waals surface area contributed by atoms with Gasteiger partial charge in [-0.2, -0.15) is 0 Å². The molecule has 0 radical (unpaired) electrons. The molecule has 0 fully saturated rings. The molecule has 0 aromatic rings. The number of hydrogen-bond donors (Lipinski definition) is 0. The summed E-state index contributed by atoms with van der Waals surface area (Å²) in [6.45, 7) is 13.6. The van der Waals surface area contributed by atoms with Crippen molar-refractivity contribution in [1.82, 2.24) is 0 Å². The predicted octanol–water partition coefficient (Wildman–Crippen LogP) is 7.09. The van der Waals surface area contributed by atoms with Crippen molar-refractivity contribution in [2.75, 3.05) is 0 Å². The van der Waals surface area contributed by atoms with Crippen LogP contribution in [0.15, 0.2) is 34.4 Å². The van der Waals surface area contributed by atoms with Gasteiger partial charge in [-0.3, -0.25) is 0 Å². The molecule has 0 N–H and O–H groups in total. The molecule has 0 amide bonds. The van der Waals surface area contributed by atoms with Crippen LogP contribution in [-0.2, 0) is 0 Å². The number of hydrogen-bond acceptors (Lipinski definition) is 0. The van der Waals surface area contributed by atoms with E-state index in [1.54, 1.807) is 16.7 Å². The smallest absolute Gasteiger partial charge is 0 e. The lowest BCUT2D eigenvalue weighted by Crippen LogP contribution is -2.05. The Morgan fingerprint density at radius 3 is 2.25 bits per heavy atom. The first-order valence-corrected chi connectivity index (χ1v) is 8.40. The molecule has 0 heteroatoms. The van der Waals surface area contributed by atoms with Crippen LogP contribution in [0.3, 0.4) is 0 Å². The zero-order chi connectivity index (χ0) is 15.1. The van der Waals surface area contributed by atoms with E-state index in [4.69, 9.17) is 0 Å². The van der Waals surface area contributed by atoms with Gasteiger partial charge in [0.1, 0.15) is 0 Å². The minimum absolute atomic E-state index is 0. The fourth-order valence-corrected chi connectivity index (χ4v) is 2.81. The van der Waals surface area contributed by atoms with E-state index in [1.165, 1.54) is 44.1 Å². The van der Waals surface area contributed by atoms with Crippen molar-refractivity contribution in [2.45, 2.75) is 80.1 Å². The first-order valence-electron chi connectivity index (χ1n) is 8.40. The van der Waals surface area contributed by atoms with E-state index >= 15 is 0 Å². The molecule has 0 saturated heterocycles. The second-order valence-corrected chi connectivity index (χ2v) is 7.17. The van der Waals surface area contributed by atoms with E-state index < -0.39 is 0 Å². The lowest BCUT2D eigenvalue weighted by atomic mass is 9.86. The Balaban J connectivity index is 0.000000364. The Bertz CT molecular complexity index is 392. The van der Waals surface area contributed by atoms with Gasteiger partial charge in [0.25, 0.3) is 0 Å². The third kappa shape index (κ3) is 6.11. The Kier molecular flexibility index (Phi) is 7.34. The molecule has 20 heavy (non-hydrogen) atoms. The zero-order valence-electron chi connectivity index (χ0n) is 14.6. The van der Waals surface area contributed by atoms with Crippen molar-refractivity contribution in [2.24, 2.45) is 11.8 Å². The van der Waals surface area contributed by atoms with Crippen molar-refractivity contribution in [1.29, 1.82) is 0 Å². The summed E-state index contributed by atoms with van der Waals surface area (Å²) in [5.74, 6) is 1.72. The van der Waals surface area contributed by atoms with E-state index in [1.807, 2.05) is 0 Å². The van der Waals surface area contributed by atoms with Gasteiger partial charge in [0, 0.05) is 1.43 Å². The zero-order valence-corrected chi connectivity index (χ0v) is 14.6. The highest BCUT2D eigenvalue weighted by molar-refractivity contribution is 5.21. The van der Waals surface area contributed by atoms with Gasteiger partial charge in [-0.15, -0.1) is 0 Å². The summed E-state index contributed by atoms with van der Waals surface area (Å²) in [6.07, 6.45) is 12.6. The van der Waals surface area contributed by atoms with Gasteiger partial charge in [-0.1, -0.05) is 55.2 Å². The first kappa shape index (κ1) is 17.3.